The van der Waals surface area contributed by atoms with Crippen molar-refractivity contribution < 1.29 is 4.79 Å². The predicted octanol–water partition coefficient (Wildman–Crippen LogP) is 2.45. The summed E-state index contributed by atoms with van der Waals surface area (Å²) in [6.45, 7) is 4.68. The van der Waals surface area contributed by atoms with Crippen molar-refractivity contribution in [3.8, 4) is 11.3 Å². The van der Waals surface area contributed by atoms with E-state index in [1.54, 1.807) is 41.6 Å². The fourth-order valence-electron chi connectivity index (χ4n) is 3.42. The Morgan fingerprint density at radius 3 is 2.77 bits per heavy atom. The van der Waals surface area contributed by atoms with E-state index in [0.717, 1.165) is 22.5 Å². The van der Waals surface area contributed by atoms with Gasteiger partial charge in [-0.2, -0.15) is 5.10 Å². The summed E-state index contributed by atoms with van der Waals surface area (Å²) in [5.41, 5.74) is 3.86. The Kier molecular flexibility index (Phi) is 5.14. The summed E-state index contributed by atoms with van der Waals surface area (Å²) in [7, 11) is 1.86. The number of fused-ring (bicyclic) bond motifs is 1. The van der Waals surface area contributed by atoms with E-state index >= 15 is 0 Å². The number of rotatable bonds is 5. The maximum Gasteiger partial charge on any atom is 0.257 e. The van der Waals surface area contributed by atoms with Gasteiger partial charge in [0.1, 0.15) is 11.2 Å². The number of pyridine rings is 3. The Morgan fingerprint density at radius 2 is 2.03 bits per heavy atom. The molecule has 0 aliphatic heterocycles. The molecule has 0 radical (unpaired) electrons. The van der Waals surface area contributed by atoms with Crippen LogP contribution in [0.1, 0.15) is 28.5 Å². The second kappa shape index (κ2) is 7.90. The number of hydrogen-bond donors (Lipinski definition) is 1. The largest absolute Gasteiger partial charge is 0.348 e. The first-order valence-corrected chi connectivity index (χ1v) is 9.69. The predicted molar refractivity (Wildman–Crippen MR) is 114 cm³/mol. The normalized spacial score (nSPS) is 11.0. The quantitative estimate of drug-likeness (QED) is 0.553. The van der Waals surface area contributed by atoms with Crippen LogP contribution in [0.15, 0.2) is 53.8 Å². The molecular weight excluding hydrogens is 380 g/mol. The van der Waals surface area contributed by atoms with Crippen molar-refractivity contribution >= 4 is 16.9 Å². The monoisotopic (exact) mass is 402 g/mol. The van der Waals surface area contributed by atoms with Crippen LogP contribution in [0.4, 0.5) is 0 Å². The van der Waals surface area contributed by atoms with E-state index in [-0.39, 0.29) is 17.5 Å². The molecule has 0 aliphatic rings. The van der Waals surface area contributed by atoms with Gasteiger partial charge in [0.25, 0.3) is 5.91 Å². The van der Waals surface area contributed by atoms with Crippen molar-refractivity contribution in [2.24, 2.45) is 7.05 Å². The van der Waals surface area contributed by atoms with Crippen LogP contribution in [0.5, 0.6) is 0 Å². The van der Waals surface area contributed by atoms with E-state index in [1.165, 1.54) is 0 Å². The van der Waals surface area contributed by atoms with Crippen LogP contribution in [-0.2, 0) is 20.1 Å². The van der Waals surface area contributed by atoms with Crippen LogP contribution in [-0.4, -0.2) is 30.2 Å². The van der Waals surface area contributed by atoms with Gasteiger partial charge in [-0.1, -0.05) is 0 Å². The molecule has 0 saturated heterocycles. The fraction of sp³-hybridized carbons (Fsp3) is 0.227. The van der Waals surface area contributed by atoms with Gasteiger partial charge in [0.05, 0.1) is 11.1 Å². The number of aromatic nitrogens is 5. The first-order chi connectivity index (χ1) is 14.5. The number of aryl methyl sites for hydroxylation is 3. The molecule has 4 rings (SSSR count). The van der Waals surface area contributed by atoms with Gasteiger partial charge in [-0.25, -0.2) is 4.98 Å². The van der Waals surface area contributed by atoms with Crippen molar-refractivity contribution in [3.05, 3.63) is 76.1 Å². The molecule has 0 aromatic carbocycles. The summed E-state index contributed by atoms with van der Waals surface area (Å²) in [6, 6.07) is 7.35. The third-order valence-electron chi connectivity index (χ3n) is 5.01. The lowest BCUT2D eigenvalue weighted by atomic mass is 10.1. The molecule has 0 atom stereocenters. The summed E-state index contributed by atoms with van der Waals surface area (Å²) in [5.74, 6) is -0.421. The molecule has 4 aromatic rings. The van der Waals surface area contributed by atoms with Gasteiger partial charge >= 0.3 is 0 Å². The number of carbonyl (C=O) groups excluding carboxylic acids is 1. The Morgan fingerprint density at radius 1 is 1.20 bits per heavy atom. The van der Waals surface area contributed by atoms with Gasteiger partial charge in [-0.15, -0.1) is 0 Å². The molecule has 0 saturated carbocycles. The molecule has 0 bridgehead atoms. The third-order valence-corrected chi connectivity index (χ3v) is 5.01. The second-order valence-corrected chi connectivity index (χ2v) is 7.09. The maximum absolute atomic E-state index is 12.9. The average Bonchev–Trinajstić information content (AvgIpc) is 3.18. The van der Waals surface area contributed by atoms with Crippen molar-refractivity contribution in [1.82, 2.24) is 29.6 Å². The topological polar surface area (TPSA) is 94.7 Å². The molecule has 0 spiro atoms. The molecule has 8 heteroatoms. The Hall–Kier alpha value is -3.81. The van der Waals surface area contributed by atoms with Crippen LogP contribution in [0.3, 0.4) is 0 Å². The lowest BCUT2D eigenvalue weighted by Gasteiger charge is -2.12. The fourth-order valence-corrected chi connectivity index (χ4v) is 3.42. The Balaban J connectivity index is 1.60. The highest BCUT2D eigenvalue weighted by atomic mass is 16.2. The molecular formula is C22H22N6O2. The number of hydrogen-bond acceptors (Lipinski definition) is 5. The standard InChI is InChI=1S/C22H22N6O2/c1-4-28-13-18(20(29)17-6-5-14(2)26-21(17)28)22(30)24-11-15-9-16(12-23-10-15)19-7-8-25-27(19)3/h5-10,12-13H,4,11H2,1-3H3,(H,24,30). The van der Waals surface area contributed by atoms with E-state index < -0.39 is 5.91 Å². The molecule has 4 aromatic heterocycles. The second-order valence-electron chi connectivity index (χ2n) is 7.09. The zero-order valence-corrected chi connectivity index (χ0v) is 17.1. The molecule has 0 aliphatic carbocycles. The Bertz CT molecular complexity index is 1300. The molecule has 0 fully saturated rings. The van der Waals surface area contributed by atoms with Crippen LogP contribution in [0.25, 0.3) is 22.3 Å². The summed E-state index contributed by atoms with van der Waals surface area (Å²) >= 11 is 0. The lowest BCUT2D eigenvalue weighted by molar-refractivity contribution is 0.0949. The molecule has 152 valence electrons. The van der Waals surface area contributed by atoms with Crippen molar-refractivity contribution in [1.29, 1.82) is 0 Å². The smallest absolute Gasteiger partial charge is 0.257 e. The minimum atomic E-state index is -0.421. The van der Waals surface area contributed by atoms with Gasteiger partial charge in [-0.3, -0.25) is 19.3 Å². The molecule has 1 N–H and O–H groups in total. The van der Waals surface area contributed by atoms with E-state index in [9.17, 15) is 9.59 Å². The summed E-state index contributed by atoms with van der Waals surface area (Å²) in [5, 5.41) is 7.45. The summed E-state index contributed by atoms with van der Waals surface area (Å²) in [4.78, 5) is 34.4. The van der Waals surface area contributed by atoms with E-state index in [1.807, 2.05) is 37.6 Å². The van der Waals surface area contributed by atoms with Gasteiger partial charge in [0.2, 0.25) is 5.43 Å². The highest BCUT2D eigenvalue weighted by Gasteiger charge is 2.16. The molecule has 4 heterocycles. The molecule has 0 unspecified atom stereocenters. The molecule has 30 heavy (non-hydrogen) atoms. The number of amides is 1. The van der Waals surface area contributed by atoms with Gasteiger partial charge < -0.3 is 9.88 Å². The van der Waals surface area contributed by atoms with Crippen molar-refractivity contribution in [2.75, 3.05) is 0 Å². The van der Waals surface area contributed by atoms with E-state index in [2.05, 4.69) is 20.4 Å². The lowest BCUT2D eigenvalue weighted by Crippen LogP contribution is -2.29. The highest BCUT2D eigenvalue weighted by molar-refractivity contribution is 5.96. The van der Waals surface area contributed by atoms with Crippen molar-refractivity contribution in [2.45, 2.75) is 26.9 Å². The first kappa shape index (κ1) is 19.5. The molecule has 1 amide bonds. The number of nitrogens with one attached hydrogen (secondary N) is 1. The van der Waals surface area contributed by atoms with Crippen LogP contribution < -0.4 is 10.7 Å². The summed E-state index contributed by atoms with van der Waals surface area (Å²) < 4.78 is 3.58. The SMILES string of the molecule is CCn1cc(C(=O)NCc2cncc(-c3ccnn3C)c2)c(=O)c2ccc(C)nc21. The zero-order chi connectivity index (χ0) is 21.3. The van der Waals surface area contributed by atoms with Crippen LogP contribution in [0.2, 0.25) is 0 Å². The van der Waals surface area contributed by atoms with Gasteiger partial charge in [0, 0.05) is 56.2 Å². The van der Waals surface area contributed by atoms with Gasteiger partial charge in [-0.05, 0) is 43.7 Å². The Labute approximate surface area is 173 Å². The third kappa shape index (κ3) is 3.59. The minimum absolute atomic E-state index is 0.103. The molecule has 8 nitrogen and oxygen atoms in total. The van der Waals surface area contributed by atoms with Crippen LogP contribution in [0, 0.1) is 6.92 Å². The maximum atomic E-state index is 12.9. The number of carbonyl (C=O) groups is 1. The van der Waals surface area contributed by atoms with Gasteiger partial charge in [0.15, 0.2) is 0 Å². The van der Waals surface area contributed by atoms with E-state index in [4.69, 9.17) is 0 Å². The summed E-state index contributed by atoms with van der Waals surface area (Å²) in [6.07, 6.45) is 6.74. The highest BCUT2D eigenvalue weighted by Crippen LogP contribution is 2.18. The zero-order valence-electron chi connectivity index (χ0n) is 17.1. The number of nitrogens with zero attached hydrogens (tertiary/aromatic N) is 5. The minimum Gasteiger partial charge on any atom is -0.348 e. The van der Waals surface area contributed by atoms with Crippen molar-refractivity contribution in [3.63, 3.8) is 0 Å². The van der Waals surface area contributed by atoms with E-state index in [0.29, 0.717) is 17.6 Å². The average molecular weight is 402 g/mol. The van der Waals surface area contributed by atoms with Crippen LogP contribution >= 0.6 is 0 Å². The first-order valence-electron chi connectivity index (χ1n) is 9.69.